The molecule has 1 aromatic heterocycles. The van der Waals surface area contributed by atoms with E-state index in [9.17, 15) is 0 Å². The Kier molecular flexibility index (Phi) is 4.40. The normalized spacial score (nSPS) is 13.6. The first kappa shape index (κ1) is 11.0. The monoisotopic (exact) mass is 193 g/mol. The standard InChI is InChI=1S/C11H19N3/c1-4-5-6-8-12-10(2)11-7-9-13-14(11)3/h4-5,7,9-10,12H,6,8H2,1-3H3/b5-4+. The number of rotatable bonds is 5. The number of allylic oxidation sites excluding steroid dienone is 1. The topological polar surface area (TPSA) is 29.9 Å². The second-order valence-corrected chi connectivity index (χ2v) is 3.41. The Morgan fingerprint density at radius 3 is 3.00 bits per heavy atom. The third kappa shape index (κ3) is 3.00. The van der Waals surface area contributed by atoms with Gasteiger partial charge in [-0.15, -0.1) is 0 Å². The summed E-state index contributed by atoms with van der Waals surface area (Å²) in [5, 5.41) is 7.59. The van der Waals surface area contributed by atoms with Crippen molar-refractivity contribution in [3.63, 3.8) is 0 Å². The molecule has 78 valence electrons. The summed E-state index contributed by atoms with van der Waals surface area (Å²) >= 11 is 0. The molecule has 0 radical (unpaired) electrons. The first-order valence-electron chi connectivity index (χ1n) is 5.08. The second-order valence-electron chi connectivity index (χ2n) is 3.41. The minimum absolute atomic E-state index is 0.368. The zero-order chi connectivity index (χ0) is 10.4. The third-order valence-corrected chi connectivity index (χ3v) is 2.30. The van der Waals surface area contributed by atoms with Crippen molar-refractivity contribution in [3.8, 4) is 0 Å². The molecule has 0 aliphatic rings. The van der Waals surface area contributed by atoms with Crippen molar-refractivity contribution in [2.24, 2.45) is 7.05 Å². The van der Waals surface area contributed by atoms with Gasteiger partial charge < -0.3 is 5.32 Å². The predicted molar refractivity (Wildman–Crippen MR) is 59.1 cm³/mol. The van der Waals surface area contributed by atoms with Crippen LogP contribution >= 0.6 is 0 Å². The molecular weight excluding hydrogens is 174 g/mol. The summed E-state index contributed by atoms with van der Waals surface area (Å²) in [6.07, 6.45) is 7.16. The molecule has 1 N–H and O–H groups in total. The van der Waals surface area contributed by atoms with Gasteiger partial charge in [0.15, 0.2) is 0 Å². The average Bonchev–Trinajstić information content (AvgIpc) is 2.59. The third-order valence-electron chi connectivity index (χ3n) is 2.30. The highest BCUT2D eigenvalue weighted by molar-refractivity contribution is 5.05. The highest BCUT2D eigenvalue weighted by atomic mass is 15.3. The van der Waals surface area contributed by atoms with E-state index in [0.29, 0.717) is 6.04 Å². The van der Waals surface area contributed by atoms with Crippen LogP contribution in [0.3, 0.4) is 0 Å². The second kappa shape index (κ2) is 5.60. The quantitative estimate of drug-likeness (QED) is 0.573. The minimum Gasteiger partial charge on any atom is -0.309 e. The molecule has 1 heterocycles. The number of nitrogens with one attached hydrogen (secondary N) is 1. The predicted octanol–water partition coefficient (Wildman–Crippen LogP) is 2.04. The summed E-state index contributed by atoms with van der Waals surface area (Å²) in [6.45, 7) is 5.22. The van der Waals surface area contributed by atoms with Crippen LogP contribution in [-0.4, -0.2) is 16.3 Å². The average molecular weight is 193 g/mol. The van der Waals surface area contributed by atoms with E-state index in [2.05, 4.69) is 29.5 Å². The number of aryl methyl sites for hydroxylation is 1. The smallest absolute Gasteiger partial charge is 0.0547 e. The number of aromatic nitrogens is 2. The van der Waals surface area contributed by atoms with Gasteiger partial charge >= 0.3 is 0 Å². The summed E-state index contributed by atoms with van der Waals surface area (Å²) in [5.41, 5.74) is 1.23. The maximum atomic E-state index is 4.14. The van der Waals surface area contributed by atoms with Crippen LogP contribution in [0.4, 0.5) is 0 Å². The van der Waals surface area contributed by atoms with Crippen molar-refractivity contribution in [2.75, 3.05) is 6.54 Å². The van der Waals surface area contributed by atoms with E-state index < -0.39 is 0 Å². The molecule has 1 atom stereocenters. The maximum absolute atomic E-state index is 4.14. The summed E-state index contributed by atoms with van der Waals surface area (Å²) < 4.78 is 1.91. The van der Waals surface area contributed by atoms with E-state index >= 15 is 0 Å². The molecule has 0 aromatic carbocycles. The molecule has 3 heteroatoms. The summed E-state index contributed by atoms with van der Waals surface area (Å²) in [4.78, 5) is 0. The van der Waals surface area contributed by atoms with Gasteiger partial charge in [-0.2, -0.15) is 5.10 Å². The van der Waals surface area contributed by atoms with E-state index in [1.807, 2.05) is 30.9 Å². The van der Waals surface area contributed by atoms with Crippen molar-refractivity contribution in [3.05, 3.63) is 30.1 Å². The minimum atomic E-state index is 0.368. The van der Waals surface area contributed by atoms with Crippen LogP contribution in [0.15, 0.2) is 24.4 Å². The van der Waals surface area contributed by atoms with Crippen LogP contribution in [-0.2, 0) is 7.05 Å². The zero-order valence-electron chi connectivity index (χ0n) is 9.20. The van der Waals surface area contributed by atoms with Crippen molar-refractivity contribution in [1.29, 1.82) is 0 Å². The first-order valence-corrected chi connectivity index (χ1v) is 5.08. The Hall–Kier alpha value is -1.09. The highest BCUT2D eigenvalue weighted by Gasteiger charge is 2.06. The lowest BCUT2D eigenvalue weighted by atomic mass is 10.2. The lowest BCUT2D eigenvalue weighted by Gasteiger charge is -2.13. The molecule has 0 bridgehead atoms. The summed E-state index contributed by atoms with van der Waals surface area (Å²) in [7, 11) is 1.97. The molecule has 1 rings (SSSR count). The van der Waals surface area contributed by atoms with E-state index in [4.69, 9.17) is 0 Å². The molecule has 14 heavy (non-hydrogen) atoms. The van der Waals surface area contributed by atoms with Crippen LogP contribution in [0.1, 0.15) is 32.0 Å². The largest absolute Gasteiger partial charge is 0.309 e. The lowest BCUT2D eigenvalue weighted by molar-refractivity contribution is 0.535. The van der Waals surface area contributed by atoms with E-state index in [1.165, 1.54) is 5.69 Å². The molecule has 0 aliphatic heterocycles. The molecule has 0 amide bonds. The molecule has 0 saturated heterocycles. The Balaban J connectivity index is 2.35. The lowest BCUT2D eigenvalue weighted by Crippen LogP contribution is -2.21. The fourth-order valence-corrected chi connectivity index (χ4v) is 1.46. The number of hydrogen-bond acceptors (Lipinski definition) is 2. The van der Waals surface area contributed by atoms with Crippen molar-refractivity contribution in [1.82, 2.24) is 15.1 Å². The van der Waals surface area contributed by atoms with Gasteiger partial charge in [-0.1, -0.05) is 12.2 Å². The van der Waals surface area contributed by atoms with Crippen LogP contribution < -0.4 is 5.32 Å². The van der Waals surface area contributed by atoms with Crippen LogP contribution in [0.25, 0.3) is 0 Å². The zero-order valence-corrected chi connectivity index (χ0v) is 9.20. The molecular formula is C11H19N3. The van der Waals surface area contributed by atoms with Crippen molar-refractivity contribution < 1.29 is 0 Å². The fraction of sp³-hybridized carbons (Fsp3) is 0.545. The number of hydrogen-bond donors (Lipinski definition) is 1. The molecule has 0 spiro atoms. The highest BCUT2D eigenvalue weighted by Crippen LogP contribution is 2.09. The van der Waals surface area contributed by atoms with Gasteiger partial charge in [0.05, 0.1) is 5.69 Å². The van der Waals surface area contributed by atoms with E-state index in [1.54, 1.807) is 0 Å². The Morgan fingerprint density at radius 1 is 1.64 bits per heavy atom. The van der Waals surface area contributed by atoms with Crippen molar-refractivity contribution >= 4 is 0 Å². The van der Waals surface area contributed by atoms with E-state index in [0.717, 1.165) is 13.0 Å². The molecule has 0 fully saturated rings. The van der Waals surface area contributed by atoms with Crippen LogP contribution in [0.5, 0.6) is 0 Å². The van der Waals surface area contributed by atoms with Gasteiger partial charge in [-0.25, -0.2) is 0 Å². The number of nitrogens with zero attached hydrogens (tertiary/aromatic N) is 2. The van der Waals surface area contributed by atoms with Gasteiger partial charge in [-0.05, 0) is 32.9 Å². The summed E-state index contributed by atoms with van der Waals surface area (Å²) in [6, 6.07) is 2.42. The van der Waals surface area contributed by atoms with E-state index in [-0.39, 0.29) is 0 Å². The van der Waals surface area contributed by atoms with Gasteiger partial charge in [-0.3, -0.25) is 4.68 Å². The van der Waals surface area contributed by atoms with Gasteiger partial charge in [0.25, 0.3) is 0 Å². The van der Waals surface area contributed by atoms with Crippen LogP contribution in [0.2, 0.25) is 0 Å². The van der Waals surface area contributed by atoms with Gasteiger partial charge in [0, 0.05) is 19.3 Å². The van der Waals surface area contributed by atoms with Crippen LogP contribution in [0, 0.1) is 0 Å². The van der Waals surface area contributed by atoms with Gasteiger partial charge in [0.2, 0.25) is 0 Å². The molecule has 1 aromatic rings. The summed E-state index contributed by atoms with van der Waals surface area (Å²) in [5.74, 6) is 0. The maximum Gasteiger partial charge on any atom is 0.0547 e. The van der Waals surface area contributed by atoms with Gasteiger partial charge in [0.1, 0.15) is 0 Å². The Bertz CT molecular complexity index is 288. The first-order chi connectivity index (χ1) is 6.75. The Morgan fingerprint density at radius 2 is 2.43 bits per heavy atom. The molecule has 0 saturated carbocycles. The molecule has 3 nitrogen and oxygen atoms in total. The fourth-order valence-electron chi connectivity index (χ4n) is 1.46. The SMILES string of the molecule is C/C=C/CCNC(C)c1ccnn1C. The molecule has 0 aliphatic carbocycles. The Labute approximate surface area is 85.8 Å². The molecule has 1 unspecified atom stereocenters. The van der Waals surface area contributed by atoms with Crippen molar-refractivity contribution in [2.45, 2.75) is 26.3 Å².